The Morgan fingerprint density at radius 3 is 2.60 bits per heavy atom. The van der Waals surface area contributed by atoms with E-state index in [1.54, 1.807) is 0 Å². The zero-order chi connectivity index (χ0) is 17.2. The van der Waals surface area contributed by atoms with Crippen LogP contribution in [0.15, 0.2) is 48.5 Å². The monoisotopic (exact) mass is 355 g/mol. The summed E-state index contributed by atoms with van der Waals surface area (Å²) in [6, 6.07) is 15.4. The highest BCUT2D eigenvalue weighted by atomic mass is 35.5. The molecule has 0 radical (unpaired) electrons. The molecule has 128 valence electrons. The normalized spacial score (nSPS) is 14.8. The lowest BCUT2D eigenvalue weighted by molar-refractivity contribution is -0.135. The molecule has 1 aromatic heterocycles. The third kappa shape index (κ3) is 3.13. The van der Waals surface area contributed by atoms with Crippen molar-refractivity contribution in [2.75, 3.05) is 26.3 Å². The predicted molar refractivity (Wildman–Crippen MR) is 97.6 cm³/mol. The number of halogens is 1. The number of benzene rings is 2. The van der Waals surface area contributed by atoms with Crippen LogP contribution in [-0.4, -0.2) is 46.7 Å². The van der Waals surface area contributed by atoms with Crippen molar-refractivity contribution < 1.29 is 9.53 Å². The summed E-state index contributed by atoms with van der Waals surface area (Å²) in [5.41, 5.74) is 2.61. The number of hydrogen-bond acceptors (Lipinski definition) is 3. The van der Waals surface area contributed by atoms with Gasteiger partial charge in [-0.3, -0.25) is 4.79 Å². The summed E-state index contributed by atoms with van der Waals surface area (Å²) in [6.45, 7) is 2.68. The number of aromatic nitrogens is 2. The lowest BCUT2D eigenvalue weighted by atomic mass is 10.2. The molecule has 0 unspecified atom stereocenters. The molecule has 0 spiro atoms. The summed E-state index contributed by atoms with van der Waals surface area (Å²) in [6.07, 6.45) is 0. The van der Waals surface area contributed by atoms with Crippen LogP contribution in [0.2, 0.25) is 5.02 Å². The minimum Gasteiger partial charge on any atom is -0.378 e. The fraction of sp³-hybridized carbons (Fsp3) is 0.263. The van der Waals surface area contributed by atoms with Crippen molar-refractivity contribution in [1.29, 1.82) is 0 Å². The molecule has 0 atom stereocenters. The molecule has 1 aliphatic heterocycles. The van der Waals surface area contributed by atoms with Crippen molar-refractivity contribution in [3.05, 3.63) is 53.6 Å². The van der Waals surface area contributed by atoms with Crippen LogP contribution in [0.3, 0.4) is 0 Å². The smallest absolute Gasteiger partial charge is 0.242 e. The largest absolute Gasteiger partial charge is 0.378 e. The lowest BCUT2D eigenvalue weighted by Gasteiger charge is -2.27. The van der Waals surface area contributed by atoms with Crippen LogP contribution in [0.5, 0.6) is 0 Å². The van der Waals surface area contributed by atoms with Gasteiger partial charge in [0, 0.05) is 18.7 Å². The van der Waals surface area contributed by atoms with E-state index in [4.69, 9.17) is 21.3 Å². The minimum atomic E-state index is 0.0692. The van der Waals surface area contributed by atoms with Gasteiger partial charge in [0.15, 0.2) is 0 Å². The Balaban J connectivity index is 1.77. The number of para-hydroxylation sites is 2. The summed E-state index contributed by atoms with van der Waals surface area (Å²) in [5, 5.41) is 0.623. The molecule has 2 heterocycles. The van der Waals surface area contributed by atoms with E-state index in [9.17, 15) is 4.79 Å². The number of morpholine rings is 1. The third-order valence-corrected chi connectivity index (χ3v) is 4.76. The average molecular weight is 356 g/mol. The number of imidazole rings is 1. The lowest BCUT2D eigenvalue weighted by Crippen LogP contribution is -2.42. The van der Waals surface area contributed by atoms with Crippen molar-refractivity contribution in [1.82, 2.24) is 14.5 Å². The van der Waals surface area contributed by atoms with Crippen LogP contribution in [0.4, 0.5) is 0 Å². The molecule has 0 aliphatic carbocycles. The second kappa shape index (κ2) is 6.86. The second-order valence-electron chi connectivity index (χ2n) is 5.98. The Labute approximate surface area is 150 Å². The molecule has 0 saturated carbocycles. The molecule has 4 rings (SSSR count). The first-order chi connectivity index (χ1) is 12.2. The molecule has 3 aromatic rings. The summed E-state index contributed by atoms with van der Waals surface area (Å²) < 4.78 is 7.29. The minimum absolute atomic E-state index is 0.0692. The van der Waals surface area contributed by atoms with E-state index in [0.717, 1.165) is 16.6 Å². The van der Waals surface area contributed by atoms with Crippen molar-refractivity contribution in [3.8, 4) is 11.4 Å². The molecular weight excluding hydrogens is 338 g/mol. The first-order valence-corrected chi connectivity index (χ1v) is 8.67. The Morgan fingerprint density at radius 1 is 1.08 bits per heavy atom. The topological polar surface area (TPSA) is 47.4 Å². The molecule has 25 heavy (non-hydrogen) atoms. The van der Waals surface area contributed by atoms with E-state index in [1.807, 2.05) is 58.0 Å². The van der Waals surface area contributed by atoms with Gasteiger partial charge in [0.05, 0.1) is 29.3 Å². The maximum absolute atomic E-state index is 12.8. The number of hydrogen-bond donors (Lipinski definition) is 0. The maximum atomic E-state index is 12.8. The van der Waals surface area contributed by atoms with Crippen LogP contribution < -0.4 is 0 Å². The molecular formula is C19H18ClN3O2. The third-order valence-electron chi connectivity index (χ3n) is 4.43. The molecule has 2 aromatic carbocycles. The quantitative estimate of drug-likeness (QED) is 0.724. The predicted octanol–water partition coefficient (Wildman–Crippen LogP) is 3.22. The highest BCUT2D eigenvalue weighted by Gasteiger charge is 2.21. The second-order valence-corrected chi connectivity index (χ2v) is 6.39. The van der Waals surface area contributed by atoms with Crippen molar-refractivity contribution >= 4 is 28.5 Å². The van der Waals surface area contributed by atoms with Crippen LogP contribution >= 0.6 is 11.6 Å². The molecule has 1 aliphatic rings. The Bertz CT molecular complexity index is 916. The first kappa shape index (κ1) is 16.1. The van der Waals surface area contributed by atoms with Crippen molar-refractivity contribution in [2.24, 2.45) is 0 Å². The van der Waals surface area contributed by atoms with Crippen LogP contribution in [0.1, 0.15) is 0 Å². The Kier molecular flexibility index (Phi) is 4.42. The van der Waals surface area contributed by atoms with E-state index < -0.39 is 0 Å². The van der Waals surface area contributed by atoms with Gasteiger partial charge >= 0.3 is 0 Å². The van der Waals surface area contributed by atoms with Gasteiger partial charge < -0.3 is 14.2 Å². The number of fused-ring (bicyclic) bond motifs is 1. The maximum Gasteiger partial charge on any atom is 0.242 e. The summed E-state index contributed by atoms with van der Waals surface area (Å²) >= 11 is 6.38. The van der Waals surface area contributed by atoms with E-state index in [2.05, 4.69) is 0 Å². The summed E-state index contributed by atoms with van der Waals surface area (Å²) in [4.78, 5) is 19.3. The number of carbonyl (C=O) groups excluding carboxylic acids is 1. The van der Waals surface area contributed by atoms with E-state index in [1.165, 1.54) is 0 Å². The molecule has 1 amide bonds. The molecule has 6 heteroatoms. The SMILES string of the molecule is O=C(Cn1c(-c2ccccc2Cl)nc2ccccc21)N1CCOCC1. The molecule has 1 saturated heterocycles. The number of carbonyl (C=O) groups is 1. The van der Waals surface area contributed by atoms with Crippen molar-refractivity contribution in [3.63, 3.8) is 0 Å². The molecule has 5 nitrogen and oxygen atoms in total. The van der Waals surface area contributed by atoms with E-state index >= 15 is 0 Å². The number of ether oxygens (including phenoxy) is 1. The fourth-order valence-corrected chi connectivity index (χ4v) is 3.35. The molecule has 0 N–H and O–H groups in total. The highest BCUT2D eigenvalue weighted by Crippen LogP contribution is 2.30. The standard InChI is InChI=1S/C19H18ClN3O2/c20-15-6-2-1-5-14(15)19-21-16-7-3-4-8-17(16)23(19)13-18(24)22-9-11-25-12-10-22/h1-8H,9-13H2. The molecule has 0 bridgehead atoms. The zero-order valence-electron chi connectivity index (χ0n) is 13.7. The van der Waals surface area contributed by atoms with Gasteiger partial charge in [0.2, 0.25) is 5.91 Å². The van der Waals surface area contributed by atoms with Gasteiger partial charge in [-0.2, -0.15) is 0 Å². The summed E-state index contributed by atoms with van der Waals surface area (Å²) in [5.74, 6) is 0.785. The number of nitrogens with zero attached hydrogens (tertiary/aromatic N) is 3. The first-order valence-electron chi connectivity index (χ1n) is 8.30. The Morgan fingerprint density at radius 2 is 1.80 bits per heavy atom. The van der Waals surface area contributed by atoms with Gasteiger partial charge in [-0.25, -0.2) is 4.98 Å². The zero-order valence-corrected chi connectivity index (χ0v) is 14.4. The van der Waals surface area contributed by atoms with Gasteiger partial charge in [-0.05, 0) is 24.3 Å². The van der Waals surface area contributed by atoms with Gasteiger partial charge in [0.1, 0.15) is 12.4 Å². The van der Waals surface area contributed by atoms with E-state index in [0.29, 0.717) is 37.2 Å². The van der Waals surface area contributed by atoms with Crippen LogP contribution in [-0.2, 0) is 16.1 Å². The number of rotatable bonds is 3. The van der Waals surface area contributed by atoms with Gasteiger partial charge in [0.25, 0.3) is 0 Å². The highest BCUT2D eigenvalue weighted by molar-refractivity contribution is 6.33. The molecule has 1 fully saturated rings. The van der Waals surface area contributed by atoms with Crippen molar-refractivity contribution in [2.45, 2.75) is 6.54 Å². The van der Waals surface area contributed by atoms with Crippen LogP contribution in [0, 0.1) is 0 Å². The average Bonchev–Trinajstić information content (AvgIpc) is 3.01. The number of amides is 1. The Hall–Kier alpha value is -2.37. The summed E-state index contributed by atoms with van der Waals surface area (Å²) in [7, 11) is 0. The van der Waals surface area contributed by atoms with Gasteiger partial charge in [-0.15, -0.1) is 0 Å². The van der Waals surface area contributed by atoms with E-state index in [-0.39, 0.29) is 12.5 Å². The van der Waals surface area contributed by atoms with Gasteiger partial charge in [-0.1, -0.05) is 35.9 Å². The fourth-order valence-electron chi connectivity index (χ4n) is 3.13. The van der Waals surface area contributed by atoms with Crippen LogP contribution in [0.25, 0.3) is 22.4 Å².